The molecule has 0 aliphatic rings. The van der Waals surface area contributed by atoms with Crippen LogP contribution in [0.15, 0.2) is 55.1 Å². The summed E-state index contributed by atoms with van der Waals surface area (Å²) in [5, 5.41) is 2.85. The van der Waals surface area contributed by atoms with Gasteiger partial charge < -0.3 is 14.8 Å². The minimum Gasteiger partial charge on any atom is -0.489 e. The largest absolute Gasteiger partial charge is 0.489 e. The second-order valence-corrected chi connectivity index (χ2v) is 5.97. The van der Waals surface area contributed by atoms with Crippen LogP contribution < -0.4 is 10.1 Å². The van der Waals surface area contributed by atoms with Crippen molar-refractivity contribution in [3.8, 4) is 5.75 Å². The smallest absolute Gasteiger partial charge is 0.253 e. The van der Waals surface area contributed by atoms with Crippen LogP contribution in [0.3, 0.4) is 0 Å². The van der Waals surface area contributed by atoms with Crippen LogP contribution in [-0.4, -0.2) is 18.6 Å². The van der Waals surface area contributed by atoms with Crippen molar-refractivity contribution in [2.75, 3.05) is 11.9 Å². The zero-order chi connectivity index (χ0) is 18.9. The molecule has 2 rings (SSSR count). The lowest BCUT2D eigenvalue weighted by Crippen LogP contribution is -2.28. The summed E-state index contributed by atoms with van der Waals surface area (Å²) in [4.78, 5) is 12.2. The summed E-state index contributed by atoms with van der Waals surface area (Å²) in [6.07, 6.45) is 1.91. The number of benzene rings is 2. The molecule has 0 radical (unpaired) electrons. The Morgan fingerprint density at radius 1 is 1.31 bits per heavy atom. The van der Waals surface area contributed by atoms with Crippen LogP contribution >= 0.6 is 0 Å². The van der Waals surface area contributed by atoms with Crippen molar-refractivity contribution >= 4 is 11.6 Å². The van der Waals surface area contributed by atoms with E-state index < -0.39 is 6.10 Å². The Labute approximate surface area is 153 Å². The van der Waals surface area contributed by atoms with Crippen LogP contribution in [0.5, 0.6) is 5.75 Å². The number of carbonyl (C=O) groups is 1. The second kappa shape index (κ2) is 9.73. The fourth-order valence-corrected chi connectivity index (χ4v) is 2.30. The third-order valence-corrected chi connectivity index (χ3v) is 3.81. The first kappa shape index (κ1) is 19.7. The molecule has 0 bridgehead atoms. The van der Waals surface area contributed by atoms with E-state index in [9.17, 15) is 9.18 Å². The Hall–Kier alpha value is -2.66. The maximum atomic E-state index is 13.2. The molecule has 4 nitrogen and oxygen atoms in total. The van der Waals surface area contributed by atoms with Crippen LogP contribution in [0.25, 0.3) is 0 Å². The van der Waals surface area contributed by atoms with Crippen molar-refractivity contribution in [2.45, 2.75) is 33.0 Å². The molecule has 2 aromatic carbocycles. The lowest BCUT2D eigenvalue weighted by molar-refractivity contribution is -0.126. The molecule has 5 heteroatoms. The molecule has 2 aromatic rings. The molecule has 138 valence electrons. The first-order valence-electron chi connectivity index (χ1n) is 8.51. The zero-order valence-electron chi connectivity index (χ0n) is 15.1. The van der Waals surface area contributed by atoms with Crippen molar-refractivity contribution in [3.63, 3.8) is 0 Å². The molecule has 1 atom stereocenters. The van der Waals surface area contributed by atoms with Crippen molar-refractivity contribution < 1.29 is 18.7 Å². The highest BCUT2D eigenvalue weighted by Gasteiger charge is 2.14. The molecule has 0 saturated carbocycles. The highest BCUT2D eigenvalue weighted by molar-refractivity contribution is 5.94. The topological polar surface area (TPSA) is 47.6 Å². The maximum Gasteiger partial charge on any atom is 0.253 e. The number of rotatable bonds is 9. The number of hydrogen-bond acceptors (Lipinski definition) is 3. The van der Waals surface area contributed by atoms with E-state index in [-0.39, 0.29) is 18.3 Å². The summed E-state index contributed by atoms with van der Waals surface area (Å²) in [7, 11) is 0. The standard InChI is InChI=1S/C21H24FNO3/c1-4-5-11-25-16(3)21(24)23-20-10-9-19(12-15(20)2)26-14-17-7-6-8-18(22)13-17/h4,6-10,12-13,16H,1,5,11,14H2,2-3H3,(H,23,24). The Morgan fingerprint density at radius 3 is 2.81 bits per heavy atom. The normalized spacial score (nSPS) is 11.7. The number of halogens is 1. The quantitative estimate of drug-likeness (QED) is 0.526. The number of aryl methyl sites for hydroxylation is 1. The van der Waals surface area contributed by atoms with Crippen LogP contribution in [0.4, 0.5) is 10.1 Å². The van der Waals surface area contributed by atoms with Crippen molar-refractivity contribution in [2.24, 2.45) is 0 Å². The molecule has 0 saturated heterocycles. The number of amides is 1. The molecule has 0 aromatic heterocycles. The molecule has 1 amide bonds. The summed E-state index contributed by atoms with van der Waals surface area (Å²) in [5.41, 5.74) is 2.33. The van der Waals surface area contributed by atoms with Crippen molar-refractivity contribution in [1.29, 1.82) is 0 Å². The first-order chi connectivity index (χ1) is 12.5. The van der Waals surface area contributed by atoms with Gasteiger partial charge in [-0.2, -0.15) is 0 Å². The van der Waals surface area contributed by atoms with Gasteiger partial charge >= 0.3 is 0 Å². The fourth-order valence-electron chi connectivity index (χ4n) is 2.30. The number of nitrogens with one attached hydrogen (secondary N) is 1. The van der Waals surface area contributed by atoms with Crippen molar-refractivity contribution in [3.05, 3.63) is 72.1 Å². The monoisotopic (exact) mass is 357 g/mol. The lowest BCUT2D eigenvalue weighted by atomic mass is 10.2. The molecule has 0 aliphatic heterocycles. The molecule has 0 spiro atoms. The number of ether oxygens (including phenoxy) is 2. The predicted molar refractivity (Wildman–Crippen MR) is 101 cm³/mol. The SMILES string of the molecule is C=CCCOC(C)C(=O)Nc1ccc(OCc2cccc(F)c2)cc1C. The average Bonchev–Trinajstić information content (AvgIpc) is 2.62. The Kier molecular flexibility index (Phi) is 7.36. The summed E-state index contributed by atoms with van der Waals surface area (Å²) in [6, 6.07) is 11.7. The van der Waals surface area contributed by atoms with Gasteiger partial charge in [-0.15, -0.1) is 6.58 Å². The molecule has 0 aliphatic carbocycles. The molecule has 0 heterocycles. The van der Waals surface area contributed by atoms with E-state index in [0.29, 0.717) is 24.5 Å². The Bertz CT molecular complexity index is 761. The van der Waals surface area contributed by atoms with Crippen LogP contribution in [-0.2, 0) is 16.1 Å². The Balaban J connectivity index is 1.91. The van der Waals surface area contributed by atoms with Gasteiger partial charge in [-0.05, 0) is 61.7 Å². The highest BCUT2D eigenvalue weighted by atomic mass is 19.1. The Morgan fingerprint density at radius 2 is 2.12 bits per heavy atom. The fraction of sp³-hybridized carbons (Fsp3) is 0.286. The second-order valence-electron chi connectivity index (χ2n) is 5.97. The third-order valence-electron chi connectivity index (χ3n) is 3.81. The molecule has 1 unspecified atom stereocenters. The molecule has 0 fully saturated rings. The van der Waals surface area contributed by atoms with Gasteiger partial charge in [0.25, 0.3) is 5.91 Å². The molecule has 1 N–H and O–H groups in total. The highest BCUT2D eigenvalue weighted by Crippen LogP contribution is 2.22. The summed E-state index contributed by atoms with van der Waals surface area (Å²) >= 11 is 0. The van der Waals surface area contributed by atoms with Gasteiger partial charge in [0, 0.05) is 5.69 Å². The maximum absolute atomic E-state index is 13.2. The van der Waals surface area contributed by atoms with E-state index in [0.717, 1.165) is 11.1 Å². The van der Waals surface area contributed by atoms with E-state index in [1.54, 1.807) is 37.3 Å². The predicted octanol–water partition coefficient (Wildman–Crippen LogP) is 4.63. The number of anilines is 1. The minimum absolute atomic E-state index is 0.203. The lowest BCUT2D eigenvalue weighted by Gasteiger charge is -2.15. The number of carbonyl (C=O) groups excluding carboxylic acids is 1. The van der Waals surface area contributed by atoms with Gasteiger partial charge in [0.2, 0.25) is 0 Å². The number of hydrogen-bond donors (Lipinski definition) is 1. The van der Waals surface area contributed by atoms with E-state index >= 15 is 0 Å². The van der Waals surface area contributed by atoms with Gasteiger partial charge in [-0.25, -0.2) is 4.39 Å². The van der Waals surface area contributed by atoms with Crippen molar-refractivity contribution in [1.82, 2.24) is 0 Å². The first-order valence-corrected chi connectivity index (χ1v) is 8.51. The summed E-state index contributed by atoms with van der Waals surface area (Å²) in [5.74, 6) is 0.162. The molecule has 26 heavy (non-hydrogen) atoms. The van der Waals surface area contributed by atoms with Crippen LogP contribution in [0, 0.1) is 12.7 Å². The molecular weight excluding hydrogens is 333 g/mol. The van der Waals surface area contributed by atoms with E-state index in [1.165, 1.54) is 12.1 Å². The van der Waals surface area contributed by atoms with Crippen LogP contribution in [0.2, 0.25) is 0 Å². The van der Waals surface area contributed by atoms with Gasteiger partial charge in [-0.3, -0.25) is 4.79 Å². The van der Waals surface area contributed by atoms with E-state index in [1.807, 2.05) is 13.0 Å². The zero-order valence-corrected chi connectivity index (χ0v) is 15.1. The van der Waals surface area contributed by atoms with Crippen LogP contribution in [0.1, 0.15) is 24.5 Å². The van der Waals surface area contributed by atoms with Gasteiger partial charge in [0.1, 0.15) is 24.3 Å². The minimum atomic E-state index is -0.543. The summed E-state index contributed by atoms with van der Waals surface area (Å²) in [6.45, 7) is 7.95. The van der Waals surface area contributed by atoms with E-state index in [2.05, 4.69) is 11.9 Å². The van der Waals surface area contributed by atoms with E-state index in [4.69, 9.17) is 9.47 Å². The van der Waals surface area contributed by atoms with Gasteiger partial charge in [-0.1, -0.05) is 18.2 Å². The summed E-state index contributed by atoms with van der Waals surface area (Å²) < 4.78 is 24.3. The van der Waals surface area contributed by atoms with Gasteiger partial charge in [0.15, 0.2) is 0 Å². The van der Waals surface area contributed by atoms with Gasteiger partial charge in [0.05, 0.1) is 6.61 Å². The molecular formula is C21H24FNO3. The average molecular weight is 357 g/mol. The third kappa shape index (κ3) is 6.01.